The van der Waals surface area contributed by atoms with Crippen LogP contribution >= 0.6 is 0 Å². The Bertz CT molecular complexity index is 377. The SMILES string of the molecule is COc1ccc(C(N)C(C)(C)OC)cc1OC. The third-order valence-corrected chi connectivity index (χ3v) is 3.04. The van der Waals surface area contributed by atoms with E-state index in [4.69, 9.17) is 19.9 Å². The van der Waals surface area contributed by atoms with Gasteiger partial charge in [0.15, 0.2) is 11.5 Å². The quantitative estimate of drug-likeness (QED) is 0.855. The van der Waals surface area contributed by atoms with Crippen molar-refractivity contribution in [1.82, 2.24) is 0 Å². The van der Waals surface area contributed by atoms with Crippen LogP contribution < -0.4 is 15.2 Å². The molecule has 1 aromatic rings. The van der Waals surface area contributed by atoms with Gasteiger partial charge in [-0.25, -0.2) is 0 Å². The Morgan fingerprint density at radius 3 is 2.12 bits per heavy atom. The topological polar surface area (TPSA) is 53.7 Å². The summed E-state index contributed by atoms with van der Waals surface area (Å²) in [7, 11) is 4.87. The van der Waals surface area contributed by atoms with Crippen LogP contribution in [0.4, 0.5) is 0 Å². The normalized spacial score (nSPS) is 13.3. The molecule has 0 aromatic heterocycles. The largest absolute Gasteiger partial charge is 0.493 e. The number of rotatable bonds is 5. The first kappa shape index (κ1) is 13.8. The van der Waals surface area contributed by atoms with E-state index in [-0.39, 0.29) is 6.04 Å². The van der Waals surface area contributed by atoms with E-state index in [9.17, 15) is 0 Å². The molecule has 0 aliphatic heterocycles. The molecule has 17 heavy (non-hydrogen) atoms. The van der Waals surface area contributed by atoms with Crippen LogP contribution in [0, 0.1) is 0 Å². The number of hydrogen-bond donors (Lipinski definition) is 1. The van der Waals surface area contributed by atoms with Gasteiger partial charge in [-0.1, -0.05) is 6.07 Å². The van der Waals surface area contributed by atoms with E-state index in [2.05, 4.69) is 0 Å². The monoisotopic (exact) mass is 239 g/mol. The summed E-state index contributed by atoms with van der Waals surface area (Å²) in [5.74, 6) is 1.37. The van der Waals surface area contributed by atoms with Gasteiger partial charge in [0.25, 0.3) is 0 Å². The summed E-state index contributed by atoms with van der Waals surface area (Å²) in [6, 6.07) is 5.42. The van der Waals surface area contributed by atoms with E-state index in [1.807, 2.05) is 32.0 Å². The summed E-state index contributed by atoms with van der Waals surface area (Å²) >= 11 is 0. The molecule has 0 aliphatic carbocycles. The molecular weight excluding hydrogens is 218 g/mol. The highest BCUT2D eigenvalue weighted by Gasteiger charge is 2.27. The molecule has 96 valence electrons. The molecule has 0 bridgehead atoms. The zero-order chi connectivity index (χ0) is 13.1. The third kappa shape index (κ3) is 2.90. The maximum Gasteiger partial charge on any atom is 0.161 e. The Labute approximate surface area is 103 Å². The Morgan fingerprint density at radius 2 is 1.65 bits per heavy atom. The van der Waals surface area contributed by atoms with Gasteiger partial charge in [-0.3, -0.25) is 0 Å². The fourth-order valence-corrected chi connectivity index (χ4v) is 1.57. The third-order valence-electron chi connectivity index (χ3n) is 3.04. The molecule has 0 spiro atoms. The van der Waals surface area contributed by atoms with Crippen LogP contribution in [0.3, 0.4) is 0 Å². The average molecular weight is 239 g/mol. The van der Waals surface area contributed by atoms with Crippen LogP contribution in [0.2, 0.25) is 0 Å². The van der Waals surface area contributed by atoms with Gasteiger partial charge < -0.3 is 19.9 Å². The van der Waals surface area contributed by atoms with Crippen molar-refractivity contribution >= 4 is 0 Å². The maximum absolute atomic E-state index is 6.18. The van der Waals surface area contributed by atoms with Crippen molar-refractivity contribution < 1.29 is 14.2 Å². The van der Waals surface area contributed by atoms with Crippen molar-refractivity contribution in [2.75, 3.05) is 21.3 Å². The highest BCUT2D eigenvalue weighted by atomic mass is 16.5. The zero-order valence-corrected chi connectivity index (χ0v) is 11.1. The fourth-order valence-electron chi connectivity index (χ4n) is 1.57. The molecule has 0 amide bonds. The average Bonchev–Trinajstić information content (AvgIpc) is 2.36. The van der Waals surface area contributed by atoms with Crippen LogP contribution in [0.15, 0.2) is 18.2 Å². The van der Waals surface area contributed by atoms with E-state index < -0.39 is 5.60 Å². The van der Waals surface area contributed by atoms with E-state index in [0.717, 1.165) is 5.56 Å². The number of methoxy groups -OCH3 is 3. The lowest BCUT2D eigenvalue weighted by Gasteiger charge is -2.30. The first-order valence-corrected chi connectivity index (χ1v) is 5.49. The van der Waals surface area contributed by atoms with Gasteiger partial charge in [-0.2, -0.15) is 0 Å². The van der Waals surface area contributed by atoms with Crippen LogP contribution in [0.5, 0.6) is 11.5 Å². The summed E-state index contributed by atoms with van der Waals surface area (Å²) in [5.41, 5.74) is 6.70. The molecule has 0 aliphatic rings. The molecule has 1 rings (SSSR count). The highest BCUT2D eigenvalue weighted by molar-refractivity contribution is 5.44. The van der Waals surface area contributed by atoms with E-state index in [1.54, 1.807) is 21.3 Å². The van der Waals surface area contributed by atoms with Crippen molar-refractivity contribution in [3.8, 4) is 11.5 Å². The molecule has 0 fully saturated rings. The van der Waals surface area contributed by atoms with Gasteiger partial charge in [0, 0.05) is 7.11 Å². The summed E-state index contributed by atoms with van der Waals surface area (Å²) < 4.78 is 15.8. The molecule has 0 saturated carbocycles. The second-order valence-corrected chi connectivity index (χ2v) is 4.40. The Balaban J connectivity index is 3.07. The molecular formula is C13H21NO3. The van der Waals surface area contributed by atoms with Crippen molar-refractivity contribution in [2.24, 2.45) is 5.73 Å². The zero-order valence-electron chi connectivity index (χ0n) is 11.1. The van der Waals surface area contributed by atoms with Crippen LogP contribution in [-0.2, 0) is 4.74 Å². The van der Waals surface area contributed by atoms with Crippen molar-refractivity contribution in [3.05, 3.63) is 23.8 Å². The predicted molar refractivity (Wildman–Crippen MR) is 67.6 cm³/mol. The van der Waals surface area contributed by atoms with E-state index >= 15 is 0 Å². The fraction of sp³-hybridized carbons (Fsp3) is 0.538. The summed E-state index contributed by atoms with van der Waals surface area (Å²) in [5, 5.41) is 0. The van der Waals surface area contributed by atoms with E-state index in [0.29, 0.717) is 11.5 Å². The standard InChI is InChI=1S/C13H21NO3/c1-13(2,17-5)12(14)9-6-7-10(15-3)11(8-9)16-4/h6-8,12H,14H2,1-5H3. The molecule has 1 atom stereocenters. The van der Waals surface area contributed by atoms with Gasteiger partial charge in [0.1, 0.15) is 0 Å². The van der Waals surface area contributed by atoms with Gasteiger partial charge in [0.05, 0.1) is 25.9 Å². The lowest BCUT2D eigenvalue weighted by Crippen LogP contribution is -2.37. The van der Waals surface area contributed by atoms with Crippen molar-refractivity contribution in [3.63, 3.8) is 0 Å². The van der Waals surface area contributed by atoms with Crippen molar-refractivity contribution in [1.29, 1.82) is 0 Å². The van der Waals surface area contributed by atoms with Crippen LogP contribution in [-0.4, -0.2) is 26.9 Å². The predicted octanol–water partition coefficient (Wildman–Crippen LogP) is 2.13. The van der Waals surface area contributed by atoms with Crippen LogP contribution in [0.1, 0.15) is 25.5 Å². The summed E-state index contributed by atoms with van der Waals surface area (Å²) in [6.07, 6.45) is 0. The Kier molecular flexibility index (Phi) is 4.37. The second-order valence-electron chi connectivity index (χ2n) is 4.40. The molecule has 4 heteroatoms. The molecule has 1 unspecified atom stereocenters. The minimum absolute atomic E-state index is 0.229. The molecule has 0 radical (unpaired) electrons. The van der Waals surface area contributed by atoms with Gasteiger partial charge in [0.2, 0.25) is 0 Å². The number of hydrogen-bond acceptors (Lipinski definition) is 4. The summed E-state index contributed by atoms with van der Waals surface area (Å²) in [6.45, 7) is 3.91. The smallest absolute Gasteiger partial charge is 0.161 e. The second kappa shape index (κ2) is 5.38. The molecule has 0 heterocycles. The van der Waals surface area contributed by atoms with Crippen LogP contribution in [0.25, 0.3) is 0 Å². The molecule has 1 aromatic carbocycles. The highest BCUT2D eigenvalue weighted by Crippen LogP contribution is 2.33. The minimum atomic E-state index is -0.431. The number of ether oxygens (including phenoxy) is 3. The first-order chi connectivity index (χ1) is 7.96. The Morgan fingerprint density at radius 1 is 1.06 bits per heavy atom. The lowest BCUT2D eigenvalue weighted by atomic mass is 9.92. The summed E-state index contributed by atoms with van der Waals surface area (Å²) in [4.78, 5) is 0. The van der Waals surface area contributed by atoms with Gasteiger partial charge >= 0.3 is 0 Å². The van der Waals surface area contributed by atoms with Gasteiger partial charge in [-0.05, 0) is 31.5 Å². The van der Waals surface area contributed by atoms with Gasteiger partial charge in [-0.15, -0.1) is 0 Å². The molecule has 4 nitrogen and oxygen atoms in total. The number of nitrogens with two attached hydrogens (primary N) is 1. The van der Waals surface area contributed by atoms with E-state index in [1.165, 1.54) is 0 Å². The first-order valence-electron chi connectivity index (χ1n) is 5.49. The maximum atomic E-state index is 6.18. The number of benzene rings is 1. The Hall–Kier alpha value is -1.26. The van der Waals surface area contributed by atoms with Crippen molar-refractivity contribution in [2.45, 2.75) is 25.5 Å². The molecule has 2 N–H and O–H groups in total. The lowest BCUT2D eigenvalue weighted by molar-refractivity contribution is -0.0000810. The minimum Gasteiger partial charge on any atom is -0.493 e. The molecule has 0 saturated heterocycles.